The first-order chi connectivity index (χ1) is 8.95. The highest BCUT2D eigenvalue weighted by atomic mass is 35.5. The van der Waals surface area contributed by atoms with E-state index in [0.29, 0.717) is 13.0 Å². The number of nitrogens with two attached hydrogens (primary N) is 1. The molecule has 19 heavy (non-hydrogen) atoms. The Morgan fingerprint density at radius 2 is 2.26 bits per heavy atom. The van der Waals surface area contributed by atoms with Crippen LogP contribution in [-0.2, 0) is 11.2 Å². The van der Waals surface area contributed by atoms with Crippen molar-refractivity contribution in [1.82, 2.24) is 5.32 Å². The number of thiophene rings is 1. The third-order valence-electron chi connectivity index (χ3n) is 2.68. The minimum Gasteiger partial charge on any atom is -0.409 e. The molecule has 0 radical (unpaired) electrons. The van der Waals surface area contributed by atoms with Crippen LogP contribution in [0.5, 0.6) is 0 Å². The second-order valence-corrected chi connectivity index (χ2v) is 6.29. The van der Waals surface area contributed by atoms with Gasteiger partial charge in [0.15, 0.2) is 5.84 Å². The second-order valence-electron chi connectivity index (χ2n) is 4.49. The lowest BCUT2D eigenvalue weighted by Crippen LogP contribution is -2.42. The average molecular weight is 304 g/mol. The first kappa shape index (κ1) is 15.8. The summed E-state index contributed by atoms with van der Waals surface area (Å²) in [6.45, 7) is 4.19. The van der Waals surface area contributed by atoms with E-state index >= 15 is 0 Å². The van der Waals surface area contributed by atoms with Crippen LogP contribution in [0.15, 0.2) is 17.3 Å². The van der Waals surface area contributed by atoms with Crippen LogP contribution in [0.2, 0.25) is 4.34 Å². The molecule has 106 valence electrons. The fourth-order valence-electron chi connectivity index (χ4n) is 1.75. The highest BCUT2D eigenvalue weighted by molar-refractivity contribution is 7.16. The van der Waals surface area contributed by atoms with E-state index in [9.17, 15) is 4.79 Å². The largest absolute Gasteiger partial charge is 0.409 e. The van der Waals surface area contributed by atoms with E-state index < -0.39 is 5.92 Å². The number of nitrogens with zero attached hydrogens (tertiary/aromatic N) is 1. The Morgan fingerprint density at radius 1 is 1.58 bits per heavy atom. The zero-order valence-electron chi connectivity index (χ0n) is 10.9. The van der Waals surface area contributed by atoms with Crippen LogP contribution in [0, 0.1) is 11.8 Å². The molecular formula is C12H18ClN3O2S. The molecule has 0 spiro atoms. The third kappa shape index (κ3) is 4.72. The van der Waals surface area contributed by atoms with Gasteiger partial charge in [-0.25, -0.2) is 0 Å². The summed E-state index contributed by atoms with van der Waals surface area (Å²) in [5, 5.41) is 14.4. The van der Waals surface area contributed by atoms with Crippen molar-refractivity contribution in [1.29, 1.82) is 0 Å². The Morgan fingerprint density at radius 3 is 2.74 bits per heavy atom. The molecule has 1 rings (SSSR count). The molecule has 7 heteroatoms. The van der Waals surface area contributed by atoms with E-state index in [1.807, 2.05) is 26.0 Å². The van der Waals surface area contributed by atoms with Crippen LogP contribution in [0.1, 0.15) is 18.7 Å². The maximum absolute atomic E-state index is 12.0. The topological polar surface area (TPSA) is 87.7 Å². The van der Waals surface area contributed by atoms with Crippen molar-refractivity contribution in [2.75, 3.05) is 6.54 Å². The molecule has 0 saturated heterocycles. The minimum atomic E-state index is -0.614. The summed E-state index contributed by atoms with van der Waals surface area (Å²) in [5.41, 5.74) is 5.53. The van der Waals surface area contributed by atoms with Gasteiger partial charge in [0.2, 0.25) is 5.91 Å². The van der Waals surface area contributed by atoms with Gasteiger partial charge < -0.3 is 16.3 Å². The fourth-order valence-corrected chi connectivity index (χ4v) is 2.83. The van der Waals surface area contributed by atoms with E-state index in [4.69, 9.17) is 22.5 Å². The molecule has 1 heterocycles. The van der Waals surface area contributed by atoms with Crippen LogP contribution >= 0.6 is 22.9 Å². The number of hydrogen-bond acceptors (Lipinski definition) is 4. The Balaban J connectivity index is 2.49. The van der Waals surface area contributed by atoms with Gasteiger partial charge >= 0.3 is 0 Å². The molecule has 1 atom stereocenters. The van der Waals surface area contributed by atoms with Crippen LogP contribution in [0.4, 0.5) is 0 Å². The third-order valence-corrected chi connectivity index (χ3v) is 3.97. The highest BCUT2D eigenvalue weighted by Crippen LogP contribution is 2.21. The Labute approximate surface area is 121 Å². The van der Waals surface area contributed by atoms with Gasteiger partial charge in [0.05, 0.1) is 4.34 Å². The van der Waals surface area contributed by atoms with Crippen LogP contribution in [0.25, 0.3) is 0 Å². The number of rotatable bonds is 6. The van der Waals surface area contributed by atoms with E-state index in [0.717, 1.165) is 9.21 Å². The maximum atomic E-state index is 12.0. The minimum absolute atomic E-state index is 0.0351. The van der Waals surface area contributed by atoms with Crippen LogP contribution in [-0.4, -0.2) is 23.5 Å². The van der Waals surface area contributed by atoms with E-state index in [1.54, 1.807) is 0 Å². The van der Waals surface area contributed by atoms with Gasteiger partial charge in [-0.05, 0) is 24.5 Å². The predicted molar refractivity (Wildman–Crippen MR) is 77.8 cm³/mol. The number of oxime groups is 1. The molecule has 1 aromatic rings. The van der Waals surface area contributed by atoms with Crippen LogP contribution in [0.3, 0.4) is 0 Å². The molecule has 5 nitrogen and oxygen atoms in total. The van der Waals surface area contributed by atoms with Crippen LogP contribution < -0.4 is 11.1 Å². The molecule has 0 saturated carbocycles. The number of amidine groups is 1. The Bertz CT molecular complexity index is 460. The molecule has 0 aliphatic heterocycles. The SMILES string of the molecule is CC(C)C(C(=O)NCCc1ccc(Cl)s1)/C(N)=N/O. The van der Waals surface area contributed by atoms with Crippen molar-refractivity contribution in [2.24, 2.45) is 22.7 Å². The number of nitrogens with one attached hydrogen (secondary N) is 1. The molecule has 4 N–H and O–H groups in total. The summed E-state index contributed by atoms with van der Waals surface area (Å²) < 4.78 is 0.734. The molecule has 0 aliphatic carbocycles. The zero-order chi connectivity index (χ0) is 14.4. The lowest BCUT2D eigenvalue weighted by atomic mass is 9.94. The van der Waals surface area contributed by atoms with Crippen molar-refractivity contribution >= 4 is 34.7 Å². The highest BCUT2D eigenvalue weighted by Gasteiger charge is 2.26. The molecule has 0 aliphatic rings. The lowest BCUT2D eigenvalue weighted by Gasteiger charge is -2.18. The van der Waals surface area contributed by atoms with Crippen molar-refractivity contribution in [3.8, 4) is 0 Å². The predicted octanol–water partition coefficient (Wildman–Crippen LogP) is 2.08. The van der Waals surface area contributed by atoms with Crippen molar-refractivity contribution in [2.45, 2.75) is 20.3 Å². The smallest absolute Gasteiger partial charge is 0.231 e. The monoisotopic (exact) mass is 303 g/mol. The molecule has 1 aromatic heterocycles. The fraction of sp³-hybridized carbons (Fsp3) is 0.500. The number of halogens is 1. The average Bonchev–Trinajstić information content (AvgIpc) is 2.74. The summed E-state index contributed by atoms with van der Waals surface area (Å²) in [7, 11) is 0. The number of amides is 1. The second kappa shape index (κ2) is 7.35. The normalized spacial score (nSPS) is 13.6. The van der Waals surface area contributed by atoms with Gasteiger partial charge in [0.1, 0.15) is 5.92 Å². The van der Waals surface area contributed by atoms with Gasteiger partial charge in [0.25, 0.3) is 0 Å². The number of carbonyl (C=O) groups excluding carboxylic acids is 1. The summed E-state index contributed by atoms with van der Waals surface area (Å²) in [6, 6.07) is 3.76. The maximum Gasteiger partial charge on any atom is 0.231 e. The standard InChI is InChI=1S/C12H18ClN3O2S/c1-7(2)10(11(14)16-18)12(17)15-6-5-8-3-4-9(13)19-8/h3-4,7,10,18H,5-6H2,1-2H3,(H2,14,16)(H,15,17). The van der Waals surface area contributed by atoms with Gasteiger partial charge in [-0.3, -0.25) is 4.79 Å². The van der Waals surface area contributed by atoms with E-state index in [1.165, 1.54) is 11.3 Å². The van der Waals surface area contributed by atoms with Crippen molar-refractivity contribution in [3.05, 3.63) is 21.3 Å². The lowest BCUT2D eigenvalue weighted by molar-refractivity contribution is -0.124. The van der Waals surface area contributed by atoms with Gasteiger partial charge in [-0.15, -0.1) is 11.3 Å². The first-order valence-electron chi connectivity index (χ1n) is 5.95. The van der Waals surface area contributed by atoms with Gasteiger partial charge in [0, 0.05) is 11.4 Å². The number of hydrogen-bond donors (Lipinski definition) is 3. The van der Waals surface area contributed by atoms with Gasteiger partial charge in [-0.2, -0.15) is 0 Å². The quantitative estimate of drug-likeness (QED) is 0.325. The Kier molecular flexibility index (Phi) is 6.11. The van der Waals surface area contributed by atoms with Crippen molar-refractivity contribution in [3.63, 3.8) is 0 Å². The van der Waals surface area contributed by atoms with E-state index in [2.05, 4.69) is 10.5 Å². The number of carbonyl (C=O) groups is 1. The summed E-state index contributed by atoms with van der Waals surface area (Å²) >= 11 is 7.32. The molecule has 1 amide bonds. The molecule has 1 unspecified atom stereocenters. The summed E-state index contributed by atoms with van der Waals surface area (Å²) in [5.74, 6) is -0.941. The molecule has 0 aromatic carbocycles. The summed E-state index contributed by atoms with van der Waals surface area (Å²) in [4.78, 5) is 13.1. The van der Waals surface area contributed by atoms with Crippen molar-refractivity contribution < 1.29 is 10.0 Å². The molecular weight excluding hydrogens is 286 g/mol. The summed E-state index contributed by atoms with van der Waals surface area (Å²) in [6.07, 6.45) is 0.712. The zero-order valence-corrected chi connectivity index (χ0v) is 12.5. The Hall–Kier alpha value is -1.27. The van der Waals surface area contributed by atoms with E-state index in [-0.39, 0.29) is 17.7 Å². The molecule has 0 fully saturated rings. The molecule has 0 bridgehead atoms. The van der Waals surface area contributed by atoms with Gasteiger partial charge in [-0.1, -0.05) is 30.6 Å². The first-order valence-corrected chi connectivity index (χ1v) is 7.14.